The minimum Gasteiger partial charge on any atom is -0.263 e. The Labute approximate surface area is 40.9 Å². The molecule has 6 heavy (non-hydrogen) atoms. The first-order chi connectivity index (χ1) is 2.64. The van der Waals surface area contributed by atoms with Gasteiger partial charge in [0.05, 0.1) is 0 Å². The van der Waals surface area contributed by atoms with Crippen LogP contribution in [-0.4, -0.2) is 10.3 Å². The van der Waals surface area contributed by atoms with E-state index in [0.717, 1.165) is 0 Å². The minimum absolute atomic E-state index is 0.519. The lowest BCUT2D eigenvalue weighted by molar-refractivity contribution is -0.490. The maximum absolute atomic E-state index is 9.40. The summed E-state index contributed by atoms with van der Waals surface area (Å²) in [4.78, 5) is 8.88. The maximum atomic E-state index is 9.40. The Morgan fingerprint density at radius 2 is 2.17 bits per heavy atom. The van der Waals surface area contributed by atoms with Crippen LogP contribution in [0.2, 0.25) is 0 Å². The Kier molecular flexibility index (Phi) is 1.94. The summed E-state index contributed by atoms with van der Waals surface area (Å²) in [6.45, 7) is 1.36. The van der Waals surface area contributed by atoms with E-state index >= 15 is 0 Å². The molecule has 0 N–H and O–H groups in total. The van der Waals surface area contributed by atoms with Crippen LogP contribution in [-0.2, 0) is 0 Å². The van der Waals surface area contributed by atoms with E-state index in [-0.39, 0.29) is 0 Å². The molecule has 0 amide bonds. The number of rotatable bonds is 1. The normalized spacial score (nSPS) is 13.7. The van der Waals surface area contributed by atoms with Gasteiger partial charge in [-0.3, -0.25) is 10.1 Å². The van der Waals surface area contributed by atoms with Crippen molar-refractivity contribution in [3.05, 3.63) is 10.1 Å². The molecule has 0 aromatic carbocycles. The predicted molar refractivity (Wildman–Crippen MR) is 24.0 cm³/mol. The molecular weight excluding hydrogens is 102 g/mol. The monoisotopic (exact) mass is 106 g/mol. The summed E-state index contributed by atoms with van der Waals surface area (Å²) < 4.78 is 0. The largest absolute Gasteiger partial charge is 0.265 e. The van der Waals surface area contributed by atoms with Crippen LogP contribution in [0, 0.1) is 10.1 Å². The van der Waals surface area contributed by atoms with Crippen LogP contribution in [0.4, 0.5) is 0 Å². The van der Waals surface area contributed by atoms with E-state index in [1.165, 1.54) is 6.92 Å². The van der Waals surface area contributed by atoms with Gasteiger partial charge in [0.15, 0.2) is 0 Å². The summed E-state index contributed by atoms with van der Waals surface area (Å²) in [5.74, 6) is 0. The van der Waals surface area contributed by atoms with Crippen LogP contribution in [0.25, 0.3) is 0 Å². The van der Waals surface area contributed by atoms with E-state index in [4.69, 9.17) is 0 Å². The second-order valence-electron chi connectivity index (χ2n) is 0.885. The molecule has 0 saturated carbocycles. The Morgan fingerprint density at radius 1 is 2.00 bits per heavy atom. The second kappa shape index (κ2) is 2.02. The zero-order chi connectivity index (χ0) is 5.15. The van der Waals surface area contributed by atoms with Crippen molar-refractivity contribution in [2.45, 2.75) is 12.3 Å². The van der Waals surface area contributed by atoms with Gasteiger partial charge < -0.3 is 0 Å². The van der Waals surface area contributed by atoms with Crippen LogP contribution in [0.1, 0.15) is 6.92 Å². The smallest absolute Gasteiger partial charge is 0.263 e. The molecule has 1 radical (unpaired) electrons. The standard InChI is InChI=1S/C2H4NO2S/c1-2(6)3(4)5/h2H,1H3. The van der Waals surface area contributed by atoms with Crippen molar-refractivity contribution in [2.75, 3.05) is 0 Å². The fourth-order valence-corrected chi connectivity index (χ4v) is 0. The Hall–Kier alpha value is -0.250. The number of nitro groups is 1. The third-order valence-electron chi connectivity index (χ3n) is 0.297. The zero-order valence-electron chi connectivity index (χ0n) is 3.25. The van der Waals surface area contributed by atoms with Crippen molar-refractivity contribution in [1.29, 1.82) is 0 Å². The Bertz CT molecular complexity index is 62.6. The fraction of sp³-hybridized carbons (Fsp3) is 1.00. The molecule has 0 aromatic heterocycles. The first-order valence-electron chi connectivity index (χ1n) is 1.44. The molecule has 35 valence electrons. The van der Waals surface area contributed by atoms with Gasteiger partial charge >= 0.3 is 0 Å². The molecule has 0 heterocycles. The predicted octanol–water partition coefficient (Wildman–Crippen LogP) is 0.807. The van der Waals surface area contributed by atoms with E-state index in [1.54, 1.807) is 0 Å². The first-order valence-corrected chi connectivity index (χ1v) is 1.91. The molecule has 0 fully saturated rings. The van der Waals surface area contributed by atoms with Gasteiger partial charge in [-0.25, -0.2) is 0 Å². The van der Waals surface area contributed by atoms with E-state index in [2.05, 4.69) is 12.6 Å². The lowest BCUT2D eigenvalue weighted by Crippen LogP contribution is -2.05. The van der Waals surface area contributed by atoms with Crippen molar-refractivity contribution < 1.29 is 4.92 Å². The zero-order valence-corrected chi connectivity index (χ0v) is 4.07. The van der Waals surface area contributed by atoms with Crippen molar-refractivity contribution in [3.63, 3.8) is 0 Å². The summed E-state index contributed by atoms with van der Waals surface area (Å²) in [5, 5.41) is 8.56. The van der Waals surface area contributed by atoms with Gasteiger partial charge in [-0.2, -0.15) is 0 Å². The van der Waals surface area contributed by atoms with Gasteiger partial charge in [0.2, 0.25) is 0 Å². The van der Waals surface area contributed by atoms with Crippen LogP contribution >= 0.6 is 12.6 Å². The molecule has 0 aliphatic heterocycles. The van der Waals surface area contributed by atoms with Gasteiger partial charge in [-0.1, -0.05) is 0 Å². The van der Waals surface area contributed by atoms with Crippen LogP contribution < -0.4 is 0 Å². The molecule has 0 bridgehead atoms. The first kappa shape index (κ1) is 5.75. The number of hydrogen-bond donors (Lipinski definition) is 0. The van der Waals surface area contributed by atoms with Crippen molar-refractivity contribution >= 4 is 12.6 Å². The highest BCUT2D eigenvalue weighted by molar-refractivity contribution is 7.80. The highest BCUT2D eigenvalue weighted by Gasteiger charge is 2.02. The molecule has 0 rings (SSSR count). The van der Waals surface area contributed by atoms with Gasteiger partial charge in [0, 0.05) is 11.8 Å². The van der Waals surface area contributed by atoms with Crippen molar-refractivity contribution in [3.8, 4) is 0 Å². The average Bonchev–Trinajstić information content (AvgIpc) is 1.36. The molecule has 4 heteroatoms. The van der Waals surface area contributed by atoms with E-state index in [0.29, 0.717) is 0 Å². The minimum atomic E-state index is -0.843. The third-order valence-corrected chi connectivity index (χ3v) is 0.469. The molecule has 0 saturated heterocycles. The number of hydrogen-bond acceptors (Lipinski definition) is 2. The second-order valence-corrected chi connectivity index (χ2v) is 1.57. The molecule has 3 nitrogen and oxygen atoms in total. The third kappa shape index (κ3) is 2.02. The molecule has 1 atom stereocenters. The number of nitrogens with zero attached hydrogens (tertiary/aromatic N) is 1. The van der Waals surface area contributed by atoms with E-state index in [9.17, 15) is 10.1 Å². The molecule has 1 unspecified atom stereocenters. The van der Waals surface area contributed by atoms with E-state index < -0.39 is 10.3 Å². The lowest BCUT2D eigenvalue weighted by atomic mass is 10.8. The van der Waals surface area contributed by atoms with Crippen LogP contribution in [0.5, 0.6) is 0 Å². The molecule has 0 spiro atoms. The van der Waals surface area contributed by atoms with Crippen LogP contribution in [0.15, 0.2) is 0 Å². The van der Waals surface area contributed by atoms with Gasteiger partial charge in [-0.05, 0) is 12.6 Å². The summed E-state index contributed by atoms with van der Waals surface area (Å²) in [5.41, 5.74) is 0. The quantitative estimate of drug-likeness (QED) is 0.366. The van der Waals surface area contributed by atoms with Crippen molar-refractivity contribution in [2.24, 2.45) is 0 Å². The highest BCUT2D eigenvalue weighted by atomic mass is 32.1. The Morgan fingerprint density at radius 3 is 2.17 bits per heavy atom. The molecule has 0 aliphatic carbocycles. The van der Waals surface area contributed by atoms with Crippen LogP contribution in [0.3, 0.4) is 0 Å². The van der Waals surface area contributed by atoms with Gasteiger partial charge in [0.1, 0.15) is 0 Å². The lowest BCUT2D eigenvalue weighted by Gasteiger charge is -1.86. The van der Waals surface area contributed by atoms with Gasteiger partial charge in [0.25, 0.3) is 5.37 Å². The molecular formula is C2H4NO2S. The van der Waals surface area contributed by atoms with Crippen molar-refractivity contribution in [1.82, 2.24) is 0 Å². The summed E-state index contributed by atoms with van der Waals surface area (Å²) in [6.07, 6.45) is 0. The fourth-order valence-electron chi connectivity index (χ4n) is 0. The van der Waals surface area contributed by atoms with E-state index in [1.807, 2.05) is 0 Å². The summed E-state index contributed by atoms with van der Waals surface area (Å²) in [7, 11) is 0. The SMILES string of the molecule is CC([S])[N+](=O)[O-]. The highest BCUT2D eigenvalue weighted by Crippen LogP contribution is 1.89. The molecule has 0 aliphatic rings. The summed E-state index contributed by atoms with van der Waals surface area (Å²) >= 11 is 4.20. The molecule has 0 aromatic rings. The topological polar surface area (TPSA) is 43.1 Å². The Balaban J connectivity index is 3.26. The summed E-state index contributed by atoms with van der Waals surface area (Å²) in [6, 6.07) is 0. The maximum Gasteiger partial charge on any atom is 0.265 e. The van der Waals surface area contributed by atoms with Gasteiger partial charge in [-0.15, -0.1) is 0 Å². The average molecular weight is 106 g/mol.